The minimum Gasteiger partial charge on any atom is -0.340 e. The fourth-order valence-electron chi connectivity index (χ4n) is 1.82. The number of nitrogens with one attached hydrogen (secondary N) is 2. The summed E-state index contributed by atoms with van der Waals surface area (Å²) in [6, 6.07) is 11.5. The Morgan fingerprint density at radius 2 is 2.10 bits per heavy atom. The van der Waals surface area contributed by atoms with Crippen LogP contribution in [-0.4, -0.2) is 10.9 Å². The van der Waals surface area contributed by atoms with Gasteiger partial charge in [-0.25, -0.2) is 4.98 Å². The monoisotopic (exact) mass is 347 g/mol. The molecule has 1 amide bonds. The Bertz CT molecular complexity index is 599. The second kappa shape index (κ2) is 7.78. The Balaban J connectivity index is 1.94. The molecule has 4 nitrogen and oxygen atoms in total. The van der Waals surface area contributed by atoms with Crippen molar-refractivity contribution in [2.75, 3.05) is 10.6 Å². The topological polar surface area (TPSA) is 54.0 Å². The highest BCUT2D eigenvalue weighted by atomic mass is 79.9. The zero-order chi connectivity index (χ0) is 15.1. The van der Waals surface area contributed by atoms with Crippen molar-refractivity contribution >= 4 is 39.0 Å². The first-order valence-electron chi connectivity index (χ1n) is 6.96. The molecule has 2 N–H and O–H groups in total. The third-order valence-electron chi connectivity index (χ3n) is 2.90. The molecular weight excluding hydrogens is 330 g/mol. The van der Waals surface area contributed by atoms with Crippen molar-refractivity contribution in [3.63, 3.8) is 0 Å². The van der Waals surface area contributed by atoms with E-state index in [4.69, 9.17) is 0 Å². The summed E-state index contributed by atoms with van der Waals surface area (Å²) in [4.78, 5) is 15.9. The lowest BCUT2D eigenvalue weighted by atomic mass is 10.2. The average molecular weight is 348 g/mol. The number of aromatic nitrogens is 1. The predicted molar refractivity (Wildman–Crippen MR) is 89.8 cm³/mol. The number of hydrogen-bond donors (Lipinski definition) is 2. The van der Waals surface area contributed by atoms with Gasteiger partial charge in [0.25, 0.3) is 0 Å². The van der Waals surface area contributed by atoms with E-state index < -0.39 is 0 Å². The molecule has 0 aliphatic rings. The van der Waals surface area contributed by atoms with Crippen LogP contribution < -0.4 is 10.6 Å². The number of hydrogen-bond acceptors (Lipinski definition) is 3. The fraction of sp³-hybridized carbons (Fsp3) is 0.250. The number of unbranched alkanes of at least 4 members (excludes halogenated alkanes) is 1. The van der Waals surface area contributed by atoms with E-state index >= 15 is 0 Å². The smallest absolute Gasteiger partial charge is 0.224 e. The molecule has 0 atom stereocenters. The van der Waals surface area contributed by atoms with Gasteiger partial charge in [0, 0.05) is 16.6 Å². The minimum absolute atomic E-state index is 0.0337. The quantitative estimate of drug-likeness (QED) is 0.794. The molecule has 0 aliphatic carbocycles. The van der Waals surface area contributed by atoms with Crippen molar-refractivity contribution in [1.82, 2.24) is 4.98 Å². The van der Waals surface area contributed by atoms with Gasteiger partial charge in [0.05, 0.1) is 11.9 Å². The number of halogens is 1. The molecule has 2 rings (SSSR count). The van der Waals surface area contributed by atoms with Crippen molar-refractivity contribution in [2.24, 2.45) is 0 Å². The Kier molecular flexibility index (Phi) is 5.75. The molecule has 0 fully saturated rings. The number of rotatable bonds is 6. The largest absolute Gasteiger partial charge is 0.340 e. The first-order valence-corrected chi connectivity index (χ1v) is 7.75. The summed E-state index contributed by atoms with van der Waals surface area (Å²) in [5, 5.41) is 6.05. The first-order chi connectivity index (χ1) is 10.2. The molecule has 0 saturated carbocycles. The maximum Gasteiger partial charge on any atom is 0.224 e. The maximum absolute atomic E-state index is 11.6. The van der Waals surface area contributed by atoms with Crippen LogP contribution in [0.5, 0.6) is 0 Å². The molecule has 1 aromatic carbocycles. The van der Waals surface area contributed by atoms with Crippen LogP contribution in [0, 0.1) is 0 Å². The van der Waals surface area contributed by atoms with Gasteiger partial charge in [0.1, 0.15) is 5.82 Å². The minimum atomic E-state index is 0.0337. The van der Waals surface area contributed by atoms with Crippen LogP contribution in [0.4, 0.5) is 17.2 Å². The van der Waals surface area contributed by atoms with E-state index in [9.17, 15) is 4.79 Å². The summed E-state index contributed by atoms with van der Waals surface area (Å²) < 4.78 is 1.01. The first kappa shape index (κ1) is 15.5. The zero-order valence-electron chi connectivity index (χ0n) is 11.9. The third-order valence-corrected chi connectivity index (χ3v) is 3.39. The Morgan fingerprint density at radius 3 is 2.76 bits per heavy atom. The van der Waals surface area contributed by atoms with Crippen LogP contribution in [0.15, 0.2) is 47.1 Å². The number of nitrogens with zero attached hydrogens (tertiary/aromatic N) is 1. The standard InChI is InChI=1S/C16H18BrN3O/c1-2-3-7-16(21)20-14-8-9-15(18-11-14)19-13-6-4-5-12(17)10-13/h4-6,8-11H,2-3,7H2,1H3,(H,18,19)(H,20,21). The van der Waals surface area contributed by atoms with E-state index in [1.54, 1.807) is 6.20 Å². The van der Waals surface area contributed by atoms with Gasteiger partial charge in [0.2, 0.25) is 5.91 Å². The summed E-state index contributed by atoms with van der Waals surface area (Å²) in [5.41, 5.74) is 1.67. The van der Waals surface area contributed by atoms with Gasteiger partial charge in [-0.05, 0) is 36.8 Å². The Labute approximate surface area is 133 Å². The number of anilines is 3. The van der Waals surface area contributed by atoms with E-state index in [1.807, 2.05) is 36.4 Å². The zero-order valence-corrected chi connectivity index (χ0v) is 13.5. The van der Waals surface area contributed by atoms with Crippen molar-refractivity contribution in [3.8, 4) is 0 Å². The predicted octanol–water partition coefficient (Wildman–Crippen LogP) is 4.72. The van der Waals surface area contributed by atoms with Crippen LogP contribution in [0.1, 0.15) is 26.2 Å². The van der Waals surface area contributed by atoms with Gasteiger partial charge in [-0.15, -0.1) is 0 Å². The van der Waals surface area contributed by atoms with Crippen molar-refractivity contribution < 1.29 is 4.79 Å². The van der Waals surface area contributed by atoms with E-state index in [-0.39, 0.29) is 5.91 Å². The molecule has 5 heteroatoms. The highest BCUT2D eigenvalue weighted by Gasteiger charge is 2.02. The van der Waals surface area contributed by atoms with Crippen LogP contribution in [0.3, 0.4) is 0 Å². The van der Waals surface area contributed by atoms with Crippen LogP contribution in [-0.2, 0) is 4.79 Å². The number of pyridine rings is 1. The van der Waals surface area contributed by atoms with Gasteiger partial charge in [-0.2, -0.15) is 0 Å². The van der Waals surface area contributed by atoms with Gasteiger partial charge in [0.15, 0.2) is 0 Å². The highest BCUT2D eigenvalue weighted by molar-refractivity contribution is 9.10. The number of carbonyl (C=O) groups excluding carboxylic acids is 1. The summed E-state index contributed by atoms with van der Waals surface area (Å²) in [5.74, 6) is 0.769. The molecule has 110 valence electrons. The Morgan fingerprint density at radius 1 is 1.24 bits per heavy atom. The number of amides is 1. The molecule has 0 saturated heterocycles. The molecule has 0 spiro atoms. The Hall–Kier alpha value is -1.88. The van der Waals surface area contributed by atoms with E-state index in [0.29, 0.717) is 6.42 Å². The molecule has 21 heavy (non-hydrogen) atoms. The van der Waals surface area contributed by atoms with Gasteiger partial charge >= 0.3 is 0 Å². The summed E-state index contributed by atoms with van der Waals surface area (Å²) >= 11 is 3.43. The van der Waals surface area contributed by atoms with E-state index in [0.717, 1.165) is 34.5 Å². The second-order valence-corrected chi connectivity index (χ2v) is 5.63. The van der Waals surface area contributed by atoms with Crippen molar-refractivity contribution in [3.05, 3.63) is 47.1 Å². The molecule has 0 unspecified atom stereocenters. The van der Waals surface area contributed by atoms with Gasteiger partial charge in [-0.3, -0.25) is 4.79 Å². The average Bonchev–Trinajstić information content (AvgIpc) is 2.47. The van der Waals surface area contributed by atoms with E-state index in [1.165, 1.54) is 0 Å². The molecule has 0 bridgehead atoms. The van der Waals surface area contributed by atoms with Crippen molar-refractivity contribution in [1.29, 1.82) is 0 Å². The lowest BCUT2D eigenvalue weighted by molar-refractivity contribution is -0.116. The molecule has 0 aliphatic heterocycles. The third kappa shape index (κ3) is 5.19. The lowest BCUT2D eigenvalue weighted by Gasteiger charge is -2.08. The van der Waals surface area contributed by atoms with Crippen LogP contribution in [0.25, 0.3) is 0 Å². The van der Waals surface area contributed by atoms with Crippen LogP contribution >= 0.6 is 15.9 Å². The summed E-state index contributed by atoms with van der Waals surface area (Å²) in [6.45, 7) is 2.07. The van der Waals surface area contributed by atoms with Crippen LogP contribution in [0.2, 0.25) is 0 Å². The van der Waals surface area contributed by atoms with E-state index in [2.05, 4.69) is 38.5 Å². The lowest BCUT2D eigenvalue weighted by Crippen LogP contribution is -2.11. The summed E-state index contributed by atoms with van der Waals surface area (Å²) in [6.07, 6.45) is 4.13. The summed E-state index contributed by atoms with van der Waals surface area (Å²) in [7, 11) is 0. The highest BCUT2D eigenvalue weighted by Crippen LogP contribution is 2.20. The normalized spacial score (nSPS) is 10.2. The van der Waals surface area contributed by atoms with Gasteiger partial charge in [-0.1, -0.05) is 35.3 Å². The van der Waals surface area contributed by atoms with Crippen molar-refractivity contribution in [2.45, 2.75) is 26.2 Å². The molecule has 1 heterocycles. The maximum atomic E-state index is 11.6. The SMILES string of the molecule is CCCCC(=O)Nc1ccc(Nc2cccc(Br)c2)nc1. The second-order valence-electron chi connectivity index (χ2n) is 4.72. The fourth-order valence-corrected chi connectivity index (χ4v) is 2.22. The molecule has 2 aromatic rings. The molecular formula is C16H18BrN3O. The van der Waals surface area contributed by atoms with Gasteiger partial charge < -0.3 is 10.6 Å². The molecule has 1 aromatic heterocycles. The molecule has 0 radical (unpaired) electrons. The number of benzene rings is 1. The number of carbonyl (C=O) groups is 1.